The van der Waals surface area contributed by atoms with Crippen LogP contribution in [0.25, 0.3) is 0 Å². The summed E-state index contributed by atoms with van der Waals surface area (Å²) in [6, 6.07) is 12.9. The molecule has 1 N–H and O–H groups in total. The lowest BCUT2D eigenvalue weighted by Gasteiger charge is -2.49. The highest BCUT2D eigenvalue weighted by Crippen LogP contribution is 2.52. The third-order valence-corrected chi connectivity index (χ3v) is 10.3. The maximum atomic E-state index is 14.4. The number of pyridine rings is 1. The number of nitrogens with one attached hydrogen (secondary N) is 1. The second kappa shape index (κ2) is 12.1. The highest BCUT2D eigenvalue weighted by Gasteiger charge is 2.54. The van der Waals surface area contributed by atoms with Crippen molar-refractivity contribution in [3.63, 3.8) is 0 Å². The average Bonchev–Trinajstić information content (AvgIpc) is 3.30. The molecule has 6 rings (SSSR count). The van der Waals surface area contributed by atoms with Crippen molar-refractivity contribution in [1.82, 2.24) is 9.88 Å². The van der Waals surface area contributed by atoms with E-state index in [1.807, 2.05) is 43.5 Å². The second-order valence-corrected chi connectivity index (χ2v) is 13.1. The fraction of sp³-hybridized carbons (Fsp3) is 0.486. The number of methoxy groups -OCH3 is 1. The van der Waals surface area contributed by atoms with Crippen LogP contribution in [0.1, 0.15) is 73.4 Å². The predicted octanol–water partition coefficient (Wildman–Crippen LogP) is 7.39. The Balaban J connectivity index is 1.23. The summed E-state index contributed by atoms with van der Waals surface area (Å²) in [5.74, 6) is 0.712. The van der Waals surface area contributed by atoms with E-state index in [9.17, 15) is 9.18 Å². The summed E-state index contributed by atoms with van der Waals surface area (Å²) in [7, 11) is 1.45. The number of fused-ring (bicyclic) bond motifs is 3. The Morgan fingerprint density at radius 3 is 2.72 bits per heavy atom. The smallest absolute Gasteiger partial charge is 0.331 e. The van der Waals surface area contributed by atoms with Crippen LogP contribution in [0.2, 0.25) is 5.02 Å². The number of benzene rings is 2. The Kier molecular flexibility index (Phi) is 8.40. The minimum atomic E-state index is -0.876. The summed E-state index contributed by atoms with van der Waals surface area (Å²) < 4.78 is 26.2. The quantitative estimate of drug-likeness (QED) is 0.270. The lowest BCUT2D eigenvalue weighted by Crippen LogP contribution is -2.56. The van der Waals surface area contributed by atoms with Crippen LogP contribution in [0.4, 0.5) is 10.1 Å². The number of aryl methyl sites for hydroxylation is 1. The van der Waals surface area contributed by atoms with Gasteiger partial charge in [-0.05, 0) is 105 Å². The number of ether oxygens (including phenoxy) is 2. The molecule has 228 valence electrons. The molecule has 3 aliphatic rings. The summed E-state index contributed by atoms with van der Waals surface area (Å²) in [6.45, 7) is 6.24. The van der Waals surface area contributed by atoms with E-state index in [4.69, 9.17) is 21.1 Å². The molecule has 0 amide bonds. The van der Waals surface area contributed by atoms with E-state index in [0.717, 1.165) is 54.8 Å². The van der Waals surface area contributed by atoms with E-state index in [2.05, 4.69) is 22.1 Å². The Bertz CT molecular complexity index is 1500. The molecule has 3 aromatic rings. The molecule has 43 heavy (non-hydrogen) atoms. The van der Waals surface area contributed by atoms with Gasteiger partial charge in [0.05, 0.1) is 13.7 Å². The third kappa shape index (κ3) is 5.62. The standard InChI is InChI=1S/C35H41ClFN3O3/c1-23(22-43-32-13-18-38-31-9-5-4-7-27(31)32)20-40-21-25-19-26(37)11-12-28(25)35(40)16-14-34(15-17-35,33(41)42-3)39-30-10-6-8-29(36)24(30)2/h6,8,10-13,18-19,23,39H,4-5,7,9,14-17,20-22H2,1-3H3/t23-,34?,35?/m1/s1. The molecular formula is C35H41ClFN3O3. The molecule has 1 fully saturated rings. The van der Waals surface area contributed by atoms with Crippen molar-refractivity contribution >= 4 is 23.3 Å². The highest BCUT2D eigenvalue weighted by atomic mass is 35.5. The number of carbonyl (C=O) groups is 1. The van der Waals surface area contributed by atoms with Crippen LogP contribution < -0.4 is 10.1 Å². The molecule has 0 saturated heterocycles. The Morgan fingerprint density at radius 2 is 1.93 bits per heavy atom. The van der Waals surface area contributed by atoms with Gasteiger partial charge in [-0.15, -0.1) is 0 Å². The fourth-order valence-electron chi connectivity index (χ4n) is 7.55. The molecule has 1 atom stereocenters. The minimum Gasteiger partial charge on any atom is -0.493 e. The first kappa shape index (κ1) is 29.9. The van der Waals surface area contributed by atoms with Gasteiger partial charge >= 0.3 is 5.97 Å². The van der Waals surface area contributed by atoms with Crippen molar-refractivity contribution in [3.05, 3.63) is 87.4 Å². The van der Waals surface area contributed by atoms with E-state index >= 15 is 0 Å². The largest absolute Gasteiger partial charge is 0.493 e. The number of hydrogen-bond donors (Lipinski definition) is 1. The van der Waals surface area contributed by atoms with Crippen molar-refractivity contribution in [3.8, 4) is 5.75 Å². The van der Waals surface area contributed by atoms with E-state index in [0.29, 0.717) is 31.0 Å². The molecule has 2 heterocycles. The van der Waals surface area contributed by atoms with Gasteiger partial charge in [-0.25, -0.2) is 9.18 Å². The predicted molar refractivity (Wildman–Crippen MR) is 167 cm³/mol. The van der Waals surface area contributed by atoms with Crippen molar-refractivity contribution in [2.24, 2.45) is 5.92 Å². The number of aromatic nitrogens is 1. The molecule has 0 radical (unpaired) electrons. The van der Waals surface area contributed by atoms with Crippen LogP contribution in [0, 0.1) is 18.7 Å². The van der Waals surface area contributed by atoms with Crippen molar-refractivity contribution in [2.45, 2.75) is 82.8 Å². The molecular weight excluding hydrogens is 565 g/mol. The summed E-state index contributed by atoms with van der Waals surface area (Å²) >= 11 is 6.42. The molecule has 8 heteroatoms. The van der Waals surface area contributed by atoms with Gasteiger partial charge < -0.3 is 14.8 Å². The first-order chi connectivity index (χ1) is 20.7. The van der Waals surface area contributed by atoms with Gasteiger partial charge in [-0.3, -0.25) is 9.88 Å². The van der Waals surface area contributed by atoms with Gasteiger partial charge in [0.25, 0.3) is 0 Å². The summed E-state index contributed by atoms with van der Waals surface area (Å²) in [5.41, 5.74) is 5.20. The molecule has 1 saturated carbocycles. The monoisotopic (exact) mass is 605 g/mol. The molecule has 2 aromatic carbocycles. The summed E-state index contributed by atoms with van der Waals surface area (Å²) in [4.78, 5) is 20.4. The van der Waals surface area contributed by atoms with Crippen LogP contribution in [-0.2, 0) is 34.5 Å². The normalized spacial score (nSPS) is 23.8. The summed E-state index contributed by atoms with van der Waals surface area (Å²) in [6.07, 6.45) is 8.88. The Labute approximate surface area is 258 Å². The zero-order valence-corrected chi connectivity index (χ0v) is 26.1. The fourth-order valence-corrected chi connectivity index (χ4v) is 7.73. The molecule has 2 aliphatic carbocycles. The zero-order valence-electron chi connectivity index (χ0n) is 25.3. The van der Waals surface area contributed by atoms with Gasteiger partial charge in [-0.2, -0.15) is 0 Å². The number of esters is 1. The van der Waals surface area contributed by atoms with Gasteiger partial charge in [0.1, 0.15) is 17.1 Å². The number of halogens is 2. The molecule has 0 bridgehead atoms. The first-order valence-electron chi connectivity index (χ1n) is 15.5. The Hall–Kier alpha value is -3.16. The van der Waals surface area contributed by atoms with Gasteiger partial charge in [-0.1, -0.05) is 30.7 Å². The number of rotatable bonds is 8. The average molecular weight is 606 g/mol. The summed E-state index contributed by atoms with van der Waals surface area (Å²) in [5, 5.41) is 4.20. The first-order valence-corrected chi connectivity index (χ1v) is 15.9. The van der Waals surface area contributed by atoms with E-state index in [1.54, 1.807) is 12.1 Å². The lowest BCUT2D eigenvalue weighted by atomic mass is 9.69. The number of carbonyl (C=O) groups excluding carboxylic acids is 1. The topological polar surface area (TPSA) is 63.7 Å². The van der Waals surface area contributed by atoms with Crippen molar-refractivity contribution < 1.29 is 18.7 Å². The zero-order chi connectivity index (χ0) is 30.2. The van der Waals surface area contributed by atoms with E-state index in [1.165, 1.54) is 36.8 Å². The molecule has 1 aromatic heterocycles. The molecule has 1 spiro atoms. The van der Waals surface area contributed by atoms with Crippen LogP contribution in [0.5, 0.6) is 5.75 Å². The van der Waals surface area contributed by atoms with Crippen LogP contribution in [0.3, 0.4) is 0 Å². The molecule has 1 aliphatic heterocycles. The van der Waals surface area contributed by atoms with E-state index in [-0.39, 0.29) is 23.2 Å². The lowest BCUT2D eigenvalue weighted by molar-refractivity contribution is -0.148. The number of hydrogen-bond acceptors (Lipinski definition) is 6. The maximum Gasteiger partial charge on any atom is 0.331 e. The van der Waals surface area contributed by atoms with Crippen LogP contribution in [0.15, 0.2) is 48.7 Å². The number of nitrogens with zero attached hydrogens (tertiary/aromatic N) is 2. The second-order valence-electron chi connectivity index (χ2n) is 12.7. The van der Waals surface area contributed by atoms with Crippen LogP contribution >= 0.6 is 11.6 Å². The van der Waals surface area contributed by atoms with Gasteiger partial charge in [0.15, 0.2) is 0 Å². The van der Waals surface area contributed by atoms with Crippen molar-refractivity contribution in [1.29, 1.82) is 0 Å². The van der Waals surface area contributed by atoms with Crippen molar-refractivity contribution in [2.75, 3.05) is 25.6 Å². The highest BCUT2D eigenvalue weighted by molar-refractivity contribution is 6.31. The Morgan fingerprint density at radius 1 is 1.14 bits per heavy atom. The maximum absolute atomic E-state index is 14.4. The SMILES string of the molecule is COC(=O)C1(Nc2cccc(Cl)c2C)CCC2(CC1)c1ccc(F)cc1CN2C[C@@H](C)COc1ccnc2c1CCCC2. The number of anilines is 1. The third-order valence-electron chi connectivity index (χ3n) is 9.93. The van der Waals surface area contributed by atoms with Crippen LogP contribution in [-0.4, -0.2) is 41.7 Å². The van der Waals surface area contributed by atoms with Gasteiger partial charge in [0.2, 0.25) is 0 Å². The molecule has 0 unspecified atom stereocenters. The molecule has 6 nitrogen and oxygen atoms in total. The van der Waals surface area contributed by atoms with E-state index < -0.39 is 5.54 Å². The van der Waals surface area contributed by atoms with Gasteiger partial charge in [0, 0.05) is 52.7 Å². The minimum absolute atomic E-state index is 0.215.